The first kappa shape index (κ1) is 14.5. The minimum absolute atomic E-state index is 0.158. The van der Waals surface area contributed by atoms with Crippen molar-refractivity contribution in [2.24, 2.45) is 23.7 Å². The zero-order valence-corrected chi connectivity index (χ0v) is 13.0. The van der Waals surface area contributed by atoms with E-state index in [4.69, 9.17) is 11.6 Å². The normalized spacial score (nSPS) is 30.9. The molecule has 0 spiro atoms. The summed E-state index contributed by atoms with van der Waals surface area (Å²) in [6.07, 6.45) is 4.96. The van der Waals surface area contributed by atoms with Gasteiger partial charge in [-0.1, -0.05) is 23.8 Å². The van der Waals surface area contributed by atoms with Crippen molar-refractivity contribution >= 4 is 35.0 Å². The van der Waals surface area contributed by atoms with E-state index < -0.39 is 0 Å². The smallest absolute Gasteiger partial charge is 0.244 e. The second-order valence-electron chi connectivity index (χ2n) is 6.32. The van der Waals surface area contributed by atoms with Crippen LogP contribution in [0.5, 0.6) is 0 Å². The second kappa shape index (κ2) is 5.20. The van der Waals surface area contributed by atoms with E-state index in [0.717, 1.165) is 11.3 Å². The van der Waals surface area contributed by atoms with Gasteiger partial charge in [0.2, 0.25) is 17.7 Å². The minimum Gasteiger partial charge on any atom is -0.325 e. The van der Waals surface area contributed by atoms with Crippen molar-refractivity contribution < 1.29 is 14.4 Å². The minimum atomic E-state index is -0.380. The lowest BCUT2D eigenvalue weighted by Crippen LogP contribution is -2.39. The maximum atomic E-state index is 12.5. The molecule has 1 saturated carbocycles. The highest BCUT2D eigenvalue weighted by atomic mass is 35.5. The maximum absolute atomic E-state index is 12.5. The van der Waals surface area contributed by atoms with E-state index in [1.165, 1.54) is 0 Å². The Hall–Kier alpha value is -2.14. The molecule has 1 aromatic rings. The summed E-state index contributed by atoms with van der Waals surface area (Å²) in [6, 6.07) is 6.67. The van der Waals surface area contributed by atoms with Crippen molar-refractivity contribution in [3.05, 3.63) is 41.4 Å². The molecule has 1 heterocycles. The summed E-state index contributed by atoms with van der Waals surface area (Å²) in [5.41, 5.74) is 0.584. The molecule has 6 heteroatoms. The molecule has 2 fully saturated rings. The Kier molecular flexibility index (Phi) is 3.27. The van der Waals surface area contributed by atoms with Gasteiger partial charge < -0.3 is 5.32 Å². The number of nitrogens with one attached hydrogen (secondary N) is 1. The topological polar surface area (TPSA) is 66.5 Å². The molecule has 0 radical (unpaired) electrons. The van der Waals surface area contributed by atoms with Crippen LogP contribution in [0.1, 0.15) is 6.42 Å². The van der Waals surface area contributed by atoms with Crippen LogP contribution >= 0.6 is 11.6 Å². The zero-order chi connectivity index (χ0) is 16.1. The summed E-state index contributed by atoms with van der Waals surface area (Å²) < 4.78 is 0. The van der Waals surface area contributed by atoms with Crippen molar-refractivity contribution in [1.29, 1.82) is 0 Å². The molecule has 1 aliphatic heterocycles. The Morgan fingerprint density at radius 3 is 2.22 bits per heavy atom. The zero-order valence-electron chi connectivity index (χ0n) is 12.2. The first-order chi connectivity index (χ1) is 11.0. The molecular weight excluding hydrogens is 316 g/mol. The van der Waals surface area contributed by atoms with Crippen molar-refractivity contribution in [2.45, 2.75) is 6.42 Å². The monoisotopic (exact) mass is 330 g/mol. The fraction of sp³-hybridized carbons (Fsp3) is 0.353. The van der Waals surface area contributed by atoms with Crippen LogP contribution in [0.15, 0.2) is 36.4 Å². The molecule has 3 aliphatic rings. The van der Waals surface area contributed by atoms with Gasteiger partial charge in [0.05, 0.1) is 11.8 Å². The third-order valence-corrected chi connectivity index (χ3v) is 5.24. The number of carbonyl (C=O) groups excluding carboxylic acids is 3. The number of imide groups is 1. The molecule has 23 heavy (non-hydrogen) atoms. The summed E-state index contributed by atoms with van der Waals surface area (Å²) in [7, 11) is 0. The molecule has 4 rings (SSSR count). The highest BCUT2D eigenvalue weighted by Gasteiger charge is 2.59. The lowest BCUT2D eigenvalue weighted by Gasteiger charge is -2.16. The van der Waals surface area contributed by atoms with Crippen LogP contribution in [0.4, 0.5) is 5.69 Å². The molecule has 1 N–H and O–H groups in total. The van der Waals surface area contributed by atoms with E-state index in [2.05, 4.69) is 5.32 Å². The number of fused-ring (bicyclic) bond motifs is 5. The molecule has 1 saturated heterocycles. The van der Waals surface area contributed by atoms with Gasteiger partial charge in [0.1, 0.15) is 6.54 Å². The number of allylic oxidation sites excluding steroid dienone is 2. The van der Waals surface area contributed by atoms with Crippen molar-refractivity contribution in [2.75, 3.05) is 11.9 Å². The number of rotatable bonds is 3. The van der Waals surface area contributed by atoms with Crippen LogP contribution in [0.3, 0.4) is 0 Å². The van der Waals surface area contributed by atoms with Gasteiger partial charge in [-0.25, -0.2) is 0 Å². The SMILES string of the molecule is O=C(CN1C(=O)[C@@H]2[C@H](C1=O)[C@@H]1C=C[C@H]2C1)Nc1ccc(Cl)cc1. The van der Waals surface area contributed by atoms with Gasteiger partial charge in [-0.2, -0.15) is 0 Å². The van der Waals surface area contributed by atoms with Gasteiger partial charge in [0, 0.05) is 10.7 Å². The van der Waals surface area contributed by atoms with E-state index in [1.807, 2.05) is 12.2 Å². The van der Waals surface area contributed by atoms with Crippen LogP contribution in [0.2, 0.25) is 5.02 Å². The molecule has 0 unspecified atom stereocenters. The Morgan fingerprint density at radius 2 is 1.65 bits per heavy atom. The Bertz CT molecular complexity index is 698. The quantitative estimate of drug-likeness (QED) is 0.681. The second-order valence-corrected chi connectivity index (χ2v) is 6.75. The molecule has 3 amide bonds. The van der Waals surface area contributed by atoms with Crippen LogP contribution < -0.4 is 5.32 Å². The molecule has 2 bridgehead atoms. The standard InChI is InChI=1S/C17H15ClN2O3/c18-11-3-5-12(6-4-11)19-13(21)8-20-16(22)14-9-1-2-10(7-9)15(14)17(20)23/h1-6,9-10,14-15H,7-8H2,(H,19,21)/t9-,10+,14-,15+. The third-order valence-electron chi connectivity index (χ3n) is 4.99. The van der Waals surface area contributed by atoms with Gasteiger partial charge in [-0.15, -0.1) is 0 Å². The number of carbonyl (C=O) groups is 3. The van der Waals surface area contributed by atoms with Gasteiger partial charge in [-0.3, -0.25) is 19.3 Å². The number of amides is 3. The summed E-state index contributed by atoms with van der Waals surface area (Å²) in [5.74, 6) is -1.00. The van der Waals surface area contributed by atoms with Crippen LogP contribution in [0.25, 0.3) is 0 Å². The summed E-state index contributed by atoms with van der Waals surface area (Å²) >= 11 is 5.80. The van der Waals surface area contributed by atoms with Gasteiger partial charge in [-0.05, 0) is 42.5 Å². The Balaban J connectivity index is 1.45. The first-order valence-corrected chi connectivity index (χ1v) is 8.01. The Labute approximate surface area is 138 Å². The fourth-order valence-electron chi connectivity index (χ4n) is 4.00. The number of anilines is 1. The highest BCUT2D eigenvalue weighted by Crippen LogP contribution is 2.52. The molecule has 4 atom stereocenters. The number of benzene rings is 1. The largest absolute Gasteiger partial charge is 0.325 e. The van der Waals surface area contributed by atoms with E-state index in [1.54, 1.807) is 24.3 Å². The predicted molar refractivity (Wildman–Crippen MR) is 84.5 cm³/mol. The number of nitrogens with zero attached hydrogens (tertiary/aromatic N) is 1. The lowest BCUT2D eigenvalue weighted by molar-refractivity contribution is -0.143. The number of halogens is 1. The van der Waals surface area contributed by atoms with Crippen LogP contribution in [-0.4, -0.2) is 29.2 Å². The first-order valence-electron chi connectivity index (χ1n) is 7.63. The van der Waals surface area contributed by atoms with E-state index in [0.29, 0.717) is 10.7 Å². The summed E-state index contributed by atoms with van der Waals surface area (Å²) in [6.45, 7) is -0.229. The number of hydrogen-bond acceptors (Lipinski definition) is 3. The molecule has 2 aliphatic carbocycles. The third kappa shape index (κ3) is 2.27. The van der Waals surface area contributed by atoms with Crippen molar-refractivity contribution in [3.63, 3.8) is 0 Å². The van der Waals surface area contributed by atoms with Crippen molar-refractivity contribution in [1.82, 2.24) is 4.90 Å². The molecule has 118 valence electrons. The summed E-state index contributed by atoms with van der Waals surface area (Å²) in [5, 5.41) is 3.25. The van der Waals surface area contributed by atoms with Crippen LogP contribution in [0, 0.1) is 23.7 Å². The average molecular weight is 331 g/mol. The van der Waals surface area contributed by atoms with Gasteiger partial charge in [0.15, 0.2) is 0 Å². The number of hydrogen-bond donors (Lipinski definition) is 1. The molecule has 0 aromatic heterocycles. The molecule has 1 aromatic carbocycles. The lowest BCUT2D eigenvalue weighted by atomic mass is 9.85. The summed E-state index contributed by atoms with van der Waals surface area (Å²) in [4.78, 5) is 38.2. The van der Waals surface area contributed by atoms with E-state index >= 15 is 0 Å². The molecular formula is C17H15ClN2O3. The average Bonchev–Trinajstić information content (AvgIpc) is 3.19. The number of likely N-dealkylation sites (tertiary alicyclic amines) is 1. The Morgan fingerprint density at radius 1 is 1.09 bits per heavy atom. The van der Waals surface area contributed by atoms with E-state index in [-0.39, 0.29) is 47.9 Å². The molecule has 5 nitrogen and oxygen atoms in total. The predicted octanol–water partition coefficient (Wildman–Crippen LogP) is 2.09. The maximum Gasteiger partial charge on any atom is 0.244 e. The van der Waals surface area contributed by atoms with E-state index in [9.17, 15) is 14.4 Å². The van der Waals surface area contributed by atoms with Gasteiger partial charge in [0.25, 0.3) is 0 Å². The fourth-order valence-corrected chi connectivity index (χ4v) is 4.12. The van der Waals surface area contributed by atoms with Gasteiger partial charge >= 0.3 is 0 Å². The van der Waals surface area contributed by atoms with Crippen LogP contribution in [-0.2, 0) is 14.4 Å². The highest BCUT2D eigenvalue weighted by molar-refractivity contribution is 6.30. The van der Waals surface area contributed by atoms with Crippen molar-refractivity contribution in [3.8, 4) is 0 Å².